The molecule has 0 aliphatic heterocycles. The number of benzene rings is 18. The van der Waals surface area contributed by atoms with Crippen LogP contribution in [0, 0.1) is 0 Å². The van der Waals surface area contributed by atoms with Gasteiger partial charge in [0.2, 0.25) is 0 Å². The van der Waals surface area contributed by atoms with Crippen molar-refractivity contribution in [3.8, 4) is 146 Å². The fraction of sp³-hybridized carbons (Fsp3) is 0. The van der Waals surface area contributed by atoms with E-state index in [1.807, 2.05) is 95.5 Å². The van der Waals surface area contributed by atoms with Gasteiger partial charge in [0.15, 0.2) is 34.9 Å². The van der Waals surface area contributed by atoms with E-state index in [2.05, 4.69) is 373 Å². The molecular weight excluding hydrogens is 1550 g/mol. The minimum absolute atomic E-state index is 0.624. The predicted molar refractivity (Wildman–Crippen MR) is 519 cm³/mol. The molecule has 0 spiro atoms. The van der Waals surface area contributed by atoms with Gasteiger partial charge in [0.1, 0.15) is 0 Å². The number of fused-ring (bicyclic) bond motifs is 12. The van der Waals surface area contributed by atoms with Crippen LogP contribution in [0.15, 0.2) is 437 Å². The van der Waals surface area contributed by atoms with Crippen LogP contribution in [0.4, 0.5) is 0 Å². The van der Waals surface area contributed by atoms with E-state index in [1.165, 1.54) is 106 Å². The quantitative estimate of drug-likeness (QED) is 0.108. The monoisotopic (exact) mass is 1620 g/mol. The highest BCUT2D eigenvalue weighted by Crippen LogP contribution is 2.49. The summed E-state index contributed by atoms with van der Waals surface area (Å²) in [7, 11) is 0. The maximum absolute atomic E-state index is 5.30. The molecule has 0 atom stereocenters. The Bertz CT molecular complexity index is 8080. The topological polar surface area (TPSA) is 87.2 Å². The minimum Gasteiger partial charge on any atom is -0.309 e. The van der Waals surface area contributed by atoms with E-state index in [1.54, 1.807) is 0 Å². The van der Waals surface area contributed by atoms with Gasteiger partial charge in [-0.05, 0) is 140 Å². The number of hydrogen-bond donors (Lipinski definition) is 0. The van der Waals surface area contributed by atoms with E-state index < -0.39 is 0 Å². The Morgan fingerprint density at radius 1 is 0.153 bits per heavy atom. The molecule has 0 aliphatic rings. The lowest BCUT2D eigenvalue weighted by atomic mass is 9.90. The summed E-state index contributed by atoms with van der Waals surface area (Å²) >= 11 is 3.69. The first kappa shape index (κ1) is 73.2. The molecule has 24 rings (SSSR count). The van der Waals surface area contributed by atoms with E-state index in [-0.39, 0.29) is 0 Å². The molecule has 0 fully saturated rings. The standard InChI is InChI=1S/2C57H36N4S/c1-5-18-37(19-6-1)42-26-13-14-27-43(42)40-32-33-44(50(34-40)57-59-55(38-20-7-2-8-21-38)58-56(60-57)39-22-9-3-10-23-39)46-29-17-30-47-49-35-48-45-28-15-16-31-51(45)61(41-24-11-4-12-25-41)52(48)36-53(49)62-54(46)47;1-5-17-37(18-6-1)43-25-13-14-26-44(43)40-29-31-45(50(33-40)57-59-55(38-19-7-2-8-20-38)58-56(60-57)39-21-9-3-10-22-39)41-30-32-47-49-35-48-46-27-15-16-28-51(46)61(42-23-11-4-12-24-42)52(48)36-54(49)62-53(47)34-41/h2*1-36H. The van der Waals surface area contributed by atoms with Crippen molar-refractivity contribution in [3.63, 3.8) is 0 Å². The average Bonchev–Trinajstić information content (AvgIpc) is 1.57. The van der Waals surface area contributed by atoms with Gasteiger partial charge in [-0.3, -0.25) is 0 Å². The molecule has 0 bridgehead atoms. The Morgan fingerprint density at radius 2 is 0.460 bits per heavy atom. The number of aromatic nitrogens is 8. The zero-order chi connectivity index (χ0) is 82.0. The van der Waals surface area contributed by atoms with Crippen molar-refractivity contribution in [1.82, 2.24) is 39.0 Å². The fourth-order valence-electron chi connectivity index (χ4n) is 17.9. The summed E-state index contributed by atoms with van der Waals surface area (Å²) in [6.45, 7) is 0. The van der Waals surface area contributed by atoms with Crippen molar-refractivity contribution >= 4 is 107 Å². The largest absolute Gasteiger partial charge is 0.309 e. The lowest BCUT2D eigenvalue weighted by molar-refractivity contribution is 1.07. The van der Waals surface area contributed by atoms with Crippen LogP contribution in [0.2, 0.25) is 0 Å². The molecule has 0 N–H and O–H groups in total. The third-order valence-electron chi connectivity index (χ3n) is 23.8. The summed E-state index contributed by atoms with van der Waals surface area (Å²) in [5.41, 5.74) is 26.3. The first-order valence-electron chi connectivity index (χ1n) is 41.7. The smallest absolute Gasteiger partial charge is 0.164 e. The molecule has 18 aromatic carbocycles. The Balaban J connectivity index is 0.000000143. The van der Waals surface area contributed by atoms with Crippen LogP contribution in [0.3, 0.4) is 0 Å². The van der Waals surface area contributed by atoms with Gasteiger partial charge in [-0.25, -0.2) is 29.9 Å². The lowest BCUT2D eigenvalue weighted by Gasteiger charge is -2.16. The third-order valence-corrected chi connectivity index (χ3v) is 26.1. The van der Waals surface area contributed by atoms with Crippen LogP contribution in [-0.2, 0) is 0 Å². The van der Waals surface area contributed by atoms with Gasteiger partial charge >= 0.3 is 0 Å². The van der Waals surface area contributed by atoms with Crippen LogP contribution in [0.1, 0.15) is 0 Å². The second kappa shape index (κ2) is 31.3. The lowest BCUT2D eigenvalue weighted by Crippen LogP contribution is -2.01. The maximum Gasteiger partial charge on any atom is 0.164 e. The molecule has 580 valence electrons. The van der Waals surface area contributed by atoms with Gasteiger partial charge in [-0.1, -0.05) is 358 Å². The first-order valence-corrected chi connectivity index (χ1v) is 43.3. The zero-order valence-electron chi connectivity index (χ0n) is 67.0. The van der Waals surface area contributed by atoms with Gasteiger partial charge in [-0.2, -0.15) is 0 Å². The molecule has 6 aromatic heterocycles. The predicted octanol–water partition coefficient (Wildman–Crippen LogP) is 30.7. The van der Waals surface area contributed by atoms with Crippen molar-refractivity contribution in [1.29, 1.82) is 0 Å². The molecule has 0 unspecified atom stereocenters. The summed E-state index contributed by atoms with van der Waals surface area (Å²) in [4.78, 5) is 31.2. The van der Waals surface area contributed by atoms with Crippen LogP contribution in [0.5, 0.6) is 0 Å². The van der Waals surface area contributed by atoms with Gasteiger partial charge in [0.05, 0.1) is 22.1 Å². The molecule has 0 radical (unpaired) electrons. The number of nitrogens with zero attached hydrogens (tertiary/aromatic N) is 8. The number of rotatable bonds is 14. The molecule has 6 heterocycles. The molecular formula is C114H72N8S2. The minimum atomic E-state index is 0.624. The van der Waals surface area contributed by atoms with Gasteiger partial charge in [0.25, 0.3) is 0 Å². The Kier molecular flexibility index (Phi) is 18.5. The number of thiophene rings is 2. The van der Waals surface area contributed by atoms with Gasteiger partial charge in [-0.15, -0.1) is 22.7 Å². The summed E-state index contributed by atoms with van der Waals surface area (Å²) < 4.78 is 9.75. The van der Waals surface area contributed by atoms with E-state index >= 15 is 0 Å². The summed E-state index contributed by atoms with van der Waals surface area (Å²) in [6.07, 6.45) is 0. The van der Waals surface area contributed by atoms with Crippen LogP contribution in [-0.4, -0.2) is 39.0 Å². The van der Waals surface area contributed by atoms with Crippen molar-refractivity contribution in [2.45, 2.75) is 0 Å². The Morgan fingerprint density at radius 3 is 0.903 bits per heavy atom. The molecule has 124 heavy (non-hydrogen) atoms. The van der Waals surface area contributed by atoms with Gasteiger partial charge < -0.3 is 9.13 Å². The highest BCUT2D eigenvalue weighted by Gasteiger charge is 2.25. The van der Waals surface area contributed by atoms with Crippen LogP contribution >= 0.6 is 22.7 Å². The summed E-state index contributed by atoms with van der Waals surface area (Å²) in [5, 5.41) is 10.0. The second-order valence-electron chi connectivity index (χ2n) is 31.1. The van der Waals surface area contributed by atoms with Crippen molar-refractivity contribution < 1.29 is 0 Å². The highest BCUT2D eigenvalue weighted by molar-refractivity contribution is 7.26. The SMILES string of the molecule is c1ccc(-c2nc(-c3ccccc3)nc(-c3cc(-c4ccccc4-c4ccccc4)ccc3-c3ccc4c(c3)sc3cc5c(cc34)c3ccccc3n5-c3ccccc3)n2)cc1.c1ccc(-c2nc(-c3ccccc3)nc(-c3cc(-c4ccccc4-c4ccccc4)ccc3-c3cccc4c3sc3cc5c(cc34)c3ccccc3n5-c3ccccc3)n2)cc1. The maximum atomic E-state index is 5.30. The molecule has 0 saturated carbocycles. The fourth-order valence-corrected chi connectivity index (χ4v) is 20.3. The Hall–Kier alpha value is -16.0. The van der Waals surface area contributed by atoms with Crippen LogP contribution in [0.25, 0.3) is 230 Å². The van der Waals surface area contributed by atoms with E-state index in [4.69, 9.17) is 29.9 Å². The van der Waals surface area contributed by atoms with Gasteiger partial charge in [0, 0.05) is 112 Å². The van der Waals surface area contributed by atoms with Crippen LogP contribution < -0.4 is 0 Å². The van der Waals surface area contributed by atoms with Crippen molar-refractivity contribution in [2.24, 2.45) is 0 Å². The molecule has 0 aliphatic carbocycles. The second-order valence-corrected chi connectivity index (χ2v) is 33.3. The van der Waals surface area contributed by atoms with E-state index in [0.29, 0.717) is 34.9 Å². The summed E-state index contributed by atoms with van der Waals surface area (Å²) in [5.74, 6) is 3.78. The van der Waals surface area contributed by atoms with E-state index in [0.717, 1.165) is 89.3 Å². The van der Waals surface area contributed by atoms with Crippen molar-refractivity contribution in [3.05, 3.63) is 437 Å². The Labute approximate surface area is 723 Å². The molecule has 0 saturated heterocycles. The number of para-hydroxylation sites is 4. The molecule has 24 aromatic rings. The zero-order valence-corrected chi connectivity index (χ0v) is 68.6. The normalized spacial score (nSPS) is 11.5. The molecule has 0 amide bonds. The van der Waals surface area contributed by atoms with Crippen molar-refractivity contribution in [2.75, 3.05) is 0 Å². The third kappa shape index (κ3) is 13.3. The summed E-state index contributed by atoms with van der Waals surface area (Å²) in [6, 6.07) is 155. The average molecular weight is 1620 g/mol. The molecule has 10 heteroatoms. The molecule has 8 nitrogen and oxygen atoms in total. The number of hydrogen-bond acceptors (Lipinski definition) is 8. The highest BCUT2D eigenvalue weighted by atomic mass is 32.1. The first-order chi connectivity index (χ1) is 61.5. The van der Waals surface area contributed by atoms with E-state index in [9.17, 15) is 0 Å².